The highest BCUT2D eigenvalue weighted by Crippen LogP contribution is 2.16. The summed E-state index contributed by atoms with van der Waals surface area (Å²) in [6.07, 6.45) is 1.48. The van der Waals surface area contributed by atoms with E-state index in [1.54, 1.807) is 0 Å². The van der Waals surface area contributed by atoms with Crippen LogP contribution in [-0.2, 0) is 0 Å². The van der Waals surface area contributed by atoms with Gasteiger partial charge < -0.3 is 0 Å². The van der Waals surface area contributed by atoms with Gasteiger partial charge in [-0.15, -0.1) is 0 Å². The number of hydrogen-bond acceptors (Lipinski definition) is 2. The Balaban J connectivity index is 2.27. The second kappa shape index (κ2) is 3.34. The highest BCUT2D eigenvalue weighted by molar-refractivity contribution is 5.84. The first-order valence-corrected chi connectivity index (χ1v) is 4.96. The minimum atomic E-state index is -0.227. The van der Waals surface area contributed by atoms with Gasteiger partial charge in [0.1, 0.15) is 6.33 Å². The van der Waals surface area contributed by atoms with Gasteiger partial charge in [0, 0.05) is 0 Å². The summed E-state index contributed by atoms with van der Waals surface area (Å²) in [5, 5.41) is 8.34. The molecule has 4 heteroatoms. The standard InChI is InChI=1S/C12H9N3O/c16-12-14-13-8-15(12)11-6-5-9-3-1-2-4-10(9)7-11/h1-8H,(H,14,16). The number of H-pyrrole nitrogens is 1. The maximum absolute atomic E-state index is 11.4. The van der Waals surface area contributed by atoms with E-state index in [1.807, 2.05) is 42.5 Å². The summed E-state index contributed by atoms with van der Waals surface area (Å²) < 4.78 is 1.48. The lowest BCUT2D eigenvalue weighted by Gasteiger charge is -2.02. The minimum absolute atomic E-state index is 0.227. The molecule has 0 saturated carbocycles. The van der Waals surface area contributed by atoms with Crippen LogP contribution in [0.5, 0.6) is 0 Å². The van der Waals surface area contributed by atoms with Crippen molar-refractivity contribution in [1.82, 2.24) is 14.8 Å². The molecule has 0 aliphatic heterocycles. The summed E-state index contributed by atoms with van der Waals surface area (Å²) in [6, 6.07) is 13.9. The summed E-state index contributed by atoms with van der Waals surface area (Å²) in [5.74, 6) is 0. The summed E-state index contributed by atoms with van der Waals surface area (Å²) in [6.45, 7) is 0. The topological polar surface area (TPSA) is 50.7 Å². The van der Waals surface area contributed by atoms with E-state index in [0.29, 0.717) is 0 Å². The third-order valence-electron chi connectivity index (χ3n) is 2.56. The third kappa shape index (κ3) is 1.32. The molecule has 0 spiro atoms. The van der Waals surface area contributed by atoms with E-state index in [-0.39, 0.29) is 5.69 Å². The van der Waals surface area contributed by atoms with Crippen LogP contribution in [0.25, 0.3) is 16.5 Å². The maximum Gasteiger partial charge on any atom is 0.347 e. The molecule has 1 N–H and O–H groups in total. The molecule has 0 fully saturated rings. The molecule has 16 heavy (non-hydrogen) atoms. The van der Waals surface area contributed by atoms with Crippen molar-refractivity contribution in [2.75, 3.05) is 0 Å². The van der Waals surface area contributed by atoms with Gasteiger partial charge in [-0.05, 0) is 22.9 Å². The highest BCUT2D eigenvalue weighted by Gasteiger charge is 2.01. The van der Waals surface area contributed by atoms with Crippen LogP contribution < -0.4 is 5.69 Å². The molecule has 0 radical (unpaired) electrons. The average Bonchev–Trinajstić information content (AvgIpc) is 2.75. The summed E-state index contributed by atoms with van der Waals surface area (Å²) >= 11 is 0. The van der Waals surface area contributed by atoms with Crippen molar-refractivity contribution in [2.24, 2.45) is 0 Å². The van der Waals surface area contributed by atoms with Crippen LogP contribution in [0.2, 0.25) is 0 Å². The lowest BCUT2D eigenvalue weighted by atomic mass is 10.1. The molecule has 0 unspecified atom stereocenters. The van der Waals surface area contributed by atoms with E-state index < -0.39 is 0 Å². The van der Waals surface area contributed by atoms with Gasteiger partial charge in [0.25, 0.3) is 0 Å². The van der Waals surface area contributed by atoms with E-state index >= 15 is 0 Å². The largest absolute Gasteiger partial charge is 0.347 e. The quantitative estimate of drug-likeness (QED) is 0.666. The Morgan fingerprint density at radius 2 is 1.88 bits per heavy atom. The van der Waals surface area contributed by atoms with Crippen LogP contribution in [0.1, 0.15) is 0 Å². The highest BCUT2D eigenvalue weighted by atomic mass is 16.1. The van der Waals surface area contributed by atoms with Gasteiger partial charge in [0.2, 0.25) is 0 Å². The fraction of sp³-hybridized carbons (Fsp3) is 0. The number of benzene rings is 2. The first-order chi connectivity index (χ1) is 7.84. The molecule has 0 atom stereocenters. The first-order valence-electron chi connectivity index (χ1n) is 4.96. The van der Waals surface area contributed by atoms with Crippen molar-refractivity contribution in [3.05, 3.63) is 59.3 Å². The number of aromatic amines is 1. The molecule has 0 amide bonds. The van der Waals surface area contributed by atoms with Gasteiger partial charge in [-0.2, -0.15) is 5.10 Å². The first kappa shape index (κ1) is 8.91. The van der Waals surface area contributed by atoms with Crippen LogP contribution in [0.3, 0.4) is 0 Å². The maximum atomic E-state index is 11.4. The van der Waals surface area contributed by atoms with Gasteiger partial charge >= 0.3 is 5.69 Å². The van der Waals surface area contributed by atoms with Crippen molar-refractivity contribution < 1.29 is 0 Å². The van der Waals surface area contributed by atoms with E-state index in [0.717, 1.165) is 16.5 Å². The van der Waals surface area contributed by atoms with Gasteiger partial charge in [0.15, 0.2) is 0 Å². The number of nitrogens with one attached hydrogen (secondary N) is 1. The summed E-state index contributed by atoms with van der Waals surface area (Å²) in [5.41, 5.74) is 0.590. The second-order valence-electron chi connectivity index (χ2n) is 3.56. The minimum Gasteiger partial charge on any atom is -0.250 e. The van der Waals surface area contributed by atoms with Crippen molar-refractivity contribution in [3.8, 4) is 5.69 Å². The molecular formula is C12H9N3O. The van der Waals surface area contributed by atoms with E-state index in [4.69, 9.17) is 0 Å². The Labute approximate surface area is 91.2 Å². The zero-order valence-corrected chi connectivity index (χ0v) is 8.42. The van der Waals surface area contributed by atoms with Crippen LogP contribution in [0, 0.1) is 0 Å². The van der Waals surface area contributed by atoms with Crippen LogP contribution in [0.15, 0.2) is 53.6 Å². The molecule has 4 nitrogen and oxygen atoms in total. The van der Waals surface area contributed by atoms with E-state index in [9.17, 15) is 4.79 Å². The normalized spacial score (nSPS) is 10.8. The van der Waals surface area contributed by atoms with Crippen molar-refractivity contribution in [1.29, 1.82) is 0 Å². The van der Waals surface area contributed by atoms with Gasteiger partial charge in [-0.25, -0.2) is 14.5 Å². The fourth-order valence-corrected chi connectivity index (χ4v) is 1.76. The Morgan fingerprint density at radius 1 is 1.06 bits per heavy atom. The fourth-order valence-electron chi connectivity index (χ4n) is 1.76. The van der Waals surface area contributed by atoms with Crippen molar-refractivity contribution in [3.63, 3.8) is 0 Å². The zero-order valence-electron chi connectivity index (χ0n) is 8.42. The molecule has 0 bridgehead atoms. The Hall–Kier alpha value is -2.36. The molecular weight excluding hydrogens is 202 g/mol. The SMILES string of the molecule is O=c1[nH]ncn1-c1ccc2ccccc2c1. The summed E-state index contributed by atoms with van der Waals surface area (Å²) in [4.78, 5) is 11.4. The van der Waals surface area contributed by atoms with Gasteiger partial charge in [-0.1, -0.05) is 30.3 Å². The predicted octanol–water partition coefficient (Wildman–Crippen LogP) is 1.71. The molecule has 2 aromatic carbocycles. The third-order valence-corrected chi connectivity index (χ3v) is 2.56. The Kier molecular flexibility index (Phi) is 1.86. The van der Waals surface area contributed by atoms with Crippen molar-refractivity contribution in [2.45, 2.75) is 0 Å². The Morgan fingerprint density at radius 3 is 2.62 bits per heavy atom. The molecule has 3 aromatic rings. The van der Waals surface area contributed by atoms with E-state index in [2.05, 4.69) is 10.2 Å². The van der Waals surface area contributed by atoms with Crippen LogP contribution in [-0.4, -0.2) is 14.8 Å². The number of hydrogen-bond donors (Lipinski definition) is 1. The van der Waals surface area contributed by atoms with Gasteiger partial charge in [0.05, 0.1) is 5.69 Å². The summed E-state index contributed by atoms with van der Waals surface area (Å²) in [7, 11) is 0. The zero-order chi connectivity index (χ0) is 11.0. The number of rotatable bonds is 1. The van der Waals surface area contributed by atoms with E-state index in [1.165, 1.54) is 10.9 Å². The molecule has 3 rings (SSSR count). The average molecular weight is 211 g/mol. The molecule has 1 heterocycles. The molecule has 0 aliphatic rings. The van der Waals surface area contributed by atoms with Crippen molar-refractivity contribution >= 4 is 10.8 Å². The Bertz CT molecular complexity index is 696. The molecule has 78 valence electrons. The second-order valence-corrected chi connectivity index (χ2v) is 3.56. The lowest BCUT2D eigenvalue weighted by molar-refractivity contribution is 0.985. The molecule has 0 aliphatic carbocycles. The molecule has 0 saturated heterocycles. The number of fused-ring (bicyclic) bond motifs is 1. The number of nitrogens with zero attached hydrogens (tertiary/aromatic N) is 2. The smallest absolute Gasteiger partial charge is 0.250 e. The van der Waals surface area contributed by atoms with Crippen LogP contribution in [0.4, 0.5) is 0 Å². The predicted molar refractivity (Wildman–Crippen MR) is 61.7 cm³/mol. The number of aromatic nitrogens is 3. The molecule has 1 aromatic heterocycles. The lowest BCUT2D eigenvalue weighted by Crippen LogP contribution is -2.13. The monoisotopic (exact) mass is 211 g/mol. The van der Waals surface area contributed by atoms with Crippen LogP contribution >= 0.6 is 0 Å². The van der Waals surface area contributed by atoms with Gasteiger partial charge in [-0.3, -0.25) is 0 Å².